The fraction of sp³-hybridized carbons (Fsp3) is 0.250. The molecule has 0 aliphatic heterocycles. The molecule has 24 heavy (non-hydrogen) atoms. The molecule has 2 N–H and O–H groups in total. The van der Waals surface area contributed by atoms with Crippen LogP contribution in [-0.2, 0) is 17.6 Å². The number of fused-ring (bicyclic) bond motifs is 1. The molecule has 3 aromatic rings. The normalized spacial score (nSPS) is 10.9. The van der Waals surface area contributed by atoms with Gasteiger partial charge in [0.25, 0.3) is 0 Å². The van der Waals surface area contributed by atoms with Crippen LogP contribution in [0.5, 0.6) is 5.75 Å². The number of aromatic amines is 1. The number of aliphatic carboxylic acids is 1. The summed E-state index contributed by atoms with van der Waals surface area (Å²) in [6.07, 6.45) is 0.861. The topological polar surface area (TPSA) is 62.3 Å². The van der Waals surface area contributed by atoms with Crippen molar-refractivity contribution in [3.63, 3.8) is 0 Å². The van der Waals surface area contributed by atoms with Gasteiger partial charge >= 0.3 is 5.97 Å². The molecule has 0 saturated heterocycles. The number of carboxylic acid groups (broad SMARTS) is 1. The van der Waals surface area contributed by atoms with Crippen LogP contribution in [0.4, 0.5) is 0 Å². The number of hydrogen-bond donors (Lipinski definition) is 2. The van der Waals surface area contributed by atoms with E-state index in [0.29, 0.717) is 6.61 Å². The zero-order valence-corrected chi connectivity index (χ0v) is 13.9. The van der Waals surface area contributed by atoms with Gasteiger partial charge in [-0.05, 0) is 36.6 Å². The highest BCUT2D eigenvalue weighted by molar-refractivity contribution is 5.96. The van der Waals surface area contributed by atoms with E-state index in [1.165, 1.54) is 5.56 Å². The van der Waals surface area contributed by atoms with Crippen molar-refractivity contribution < 1.29 is 14.6 Å². The van der Waals surface area contributed by atoms with Crippen molar-refractivity contribution in [2.24, 2.45) is 0 Å². The number of benzene rings is 2. The Morgan fingerprint density at radius 2 is 1.92 bits per heavy atom. The van der Waals surface area contributed by atoms with Gasteiger partial charge in [0.2, 0.25) is 0 Å². The number of aryl methyl sites for hydroxylation is 1. The van der Waals surface area contributed by atoms with Gasteiger partial charge in [0.05, 0.1) is 18.7 Å². The Balaban J connectivity index is 2.29. The third-order valence-electron chi connectivity index (χ3n) is 4.19. The van der Waals surface area contributed by atoms with Crippen molar-refractivity contribution in [2.75, 3.05) is 6.61 Å². The number of aromatic nitrogens is 1. The lowest BCUT2D eigenvalue weighted by molar-refractivity contribution is -0.136. The summed E-state index contributed by atoms with van der Waals surface area (Å²) in [5.41, 5.74) is 4.72. The Hall–Kier alpha value is -2.75. The molecule has 3 rings (SSSR count). The van der Waals surface area contributed by atoms with Crippen molar-refractivity contribution in [1.82, 2.24) is 4.98 Å². The van der Waals surface area contributed by atoms with Crippen LogP contribution in [0.1, 0.15) is 25.0 Å². The Morgan fingerprint density at radius 1 is 1.12 bits per heavy atom. The SMILES string of the molecule is CCOc1ccccc1-c1[nH]c2c(CC)cccc2c1CC(=O)O. The smallest absolute Gasteiger partial charge is 0.307 e. The Labute approximate surface area is 141 Å². The van der Waals surface area contributed by atoms with Crippen molar-refractivity contribution in [3.8, 4) is 17.0 Å². The molecule has 0 spiro atoms. The molecule has 0 saturated carbocycles. The number of hydrogen-bond acceptors (Lipinski definition) is 2. The van der Waals surface area contributed by atoms with E-state index < -0.39 is 5.97 Å². The van der Waals surface area contributed by atoms with Gasteiger partial charge in [0, 0.05) is 16.5 Å². The summed E-state index contributed by atoms with van der Waals surface area (Å²) in [5, 5.41) is 10.3. The lowest BCUT2D eigenvalue weighted by atomic mass is 10.0. The van der Waals surface area contributed by atoms with Gasteiger partial charge in [-0.15, -0.1) is 0 Å². The molecule has 0 fully saturated rings. The van der Waals surface area contributed by atoms with E-state index >= 15 is 0 Å². The lowest BCUT2D eigenvalue weighted by Crippen LogP contribution is -2.02. The highest BCUT2D eigenvalue weighted by atomic mass is 16.5. The zero-order chi connectivity index (χ0) is 17.1. The first kappa shape index (κ1) is 16.1. The van der Waals surface area contributed by atoms with Crippen LogP contribution < -0.4 is 4.74 Å². The maximum absolute atomic E-state index is 11.4. The quantitative estimate of drug-likeness (QED) is 0.705. The van der Waals surface area contributed by atoms with Crippen LogP contribution >= 0.6 is 0 Å². The van der Waals surface area contributed by atoms with Gasteiger partial charge in [-0.1, -0.05) is 37.3 Å². The molecule has 0 bridgehead atoms. The summed E-state index contributed by atoms with van der Waals surface area (Å²) in [6.45, 7) is 4.60. The second-order valence-electron chi connectivity index (χ2n) is 5.67. The third-order valence-corrected chi connectivity index (χ3v) is 4.19. The maximum atomic E-state index is 11.4. The second-order valence-corrected chi connectivity index (χ2v) is 5.67. The monoisotopic (exact) mass is 323 g/mol. The average molecular weight is 323 g/mol. The first-order valence-corrected chi connectivity index (χ1v) is 8.22. The molecule has 4 heteroatoms. The number of rotatable bonds is 6. The molecule has 124 valence electrons. The molecular formula is C20H21NO3. The molecule has 0 radical (unpaired) electrons. The first-order valence-electron chi connectivity index (χ1n) is 8.22. The minimum absolute atomic E-state index is 0.0248. The standard InChI is InChI=1S/C20H21NO3/c1-3-13-8-7-10-14-16(12-18(22)23)20(21-19(13)14)15-9-5-6-11-17(15)24-4-2/h5-11,21H,3-4,12H2,1-2H3,(H,22,23). The number of carboxylic acids is 1. The molecule has 4 nitrogen and oxygen atoms in total. The van der Waals surface area contributed by atoms with Crippen molar-refractivity contribution in [1.29, 1.82) is 0 Å². The third kappa shape index (κ3) is 2.87. The highest BCUT2D eigenvalue weighted by Gasteiger charge is 2.19. The Morgan fingerprint density at radius 3 is 2.62 bits per heavy atom. The summed E-state index contributed by atoms with van der Waals surface area (Å²) in [7, 11) is 0. The molecule has 1 aromatic heterocycles. The summed E-state index contributed by atoms with van der Waals surface area (Å²) in [5.74, 6) is -0.0795. The van der Waals surface area contributed by atoms with Crippen LogP contribution in [0.3, 0.4) is 0 Å². The van der Waals surface area contributed by atoms with Crippen molar-refractivity contribution in [3.05, 3.63) is 53.6 Å². The number of para-hydroxylation sites is 2. The van der Waals surface area contributed by atoms with Gasteiger partial charge in [-0.2, -0.15) is 0 Å². The largest absolute Gasteiger partial charge is 0.493 e. The van der Waals surface area contributed by atoms with Gasteiger partial charge in [0.1, 0.15) is 5.75 Å². The predicted octanol–water partition coefficient (Wildman–Crippen LogP) is 4.42. The summed E-state index contributed by atoms with van der Waals surface area (Å²) >= 11 is 0. The van der Waals surface area contributed by atoms with Gasteiger partial charge < -0.3 is 14.8 Å². The lowest BCUT2D eigenvalue weighted by Gasteiger charge is -2.10. The van der Waals surface area contributed by atoms with Crippen molar-refractivity contribution in [2.45, 2.75) is 26.7 Å². The summed E-state index contributed by atoms with van der Waals surface area (Å²) in [6, 6.07) is 13.8. The van der Waals surface area contributed by atoms with Gasteiger partial charge in [-0.3, -0.25) is 4.79 Å². The Kier molecular flexibility index (Phi) is 4.56. The molecule has 1 heterocycles. The first-order chi connectivity index (χ1) is 11.7. The predicted molar refractivity (Wildman–Crippen MR) is 95.6 cm³/mol. The van der Waals surface area contributed by atoms with Crippen LogP contribution in [0.2, 0.25) is 0 Å². The van der Waals surface area contributed by atoms with Crippen LogP contribution in [0.25, 0.3) is 22.2 Å². The minimum atomic E-state index is -0.840. The van der Waals surface area contributed by atoms with E-state index in [0.717, 1.165) is 39.9 Å². The molecular weight excluding hydrogens is 302 g/mol. The number of ether oxygens (including phenoxy) is 1. The van der Waals surface area contributed by atoms with E-state index in [9.17, 15) is 9.90 Å². The fourth-order valence-electron chi connectivity index (χ4n) is 3.15. The minimum Gasteiger partial charge on any atom is -0.493 e. The van der Waals surface area contributed by atoms with Crippen LogP contribution in [0.15, 0.2) is 42.5 Å². The van der Waals surface area contributed by atoms with E-state index in [1.54, 1.807) is 0 Å². The van der Waals surface area contributed by atoms with E-state index in [4.69, 9.17) is 4.74 Å². The van der Waals surface area contributed by atoms with Gasteiger partial charge in [-0.25, -0.2) is 0 Å². The maximum Gasteiger partial charge on any atom is 0.307 e. The Bertz CT molecular complexity index is 880. The fourth-order valence-corrected chi connectivity index (χ4v) is 3.15. The van der Waals surface area contributed by atoms with E-state index in [-0.39, 0.29) is 6.42 Å². The number of H-pyrrole nitrogens is 1. The van der Waals surface area contributed by atoms with E-state index in [1.807, 2.05) is 43.3 Å². The molecule has 0 atom stereocenters. The zero-order valence-electron chi connectivity index (χ0n) is 13.9. The molecule has 0 aliphatic rings. The van der Waals surface area contributed by atoms with Gasteiger partial charge in [0.15, 0.2) is 0 Å². The van der Waals surface area contributed by atoms with Crippen molar-refractivity contribution >= 4 is 16.9 Å². The molecule has 0 amide bonds. The molecule has 0 unspecified atom stereocenters. The van der Waals surface area contributed by atoms with Crippen LogP contribution in [0, 0.1) is 0 Å². The second kappa shape index (κ2) is 6.79. The number of carbonyl (C=O) groups is 1. The summed E-state index contributed by atoms with van der Waals surface area (Å²) < 4.78 is 5.74. The average Bonchev–Trinajstić information content (AvgIpc) is 2.93. The molecule has 0 aliphatic carbocycles. The highest BCUT2D eigenvalue weighted by Crippen LogP contribution is 2.37. The number of nitrogens with one attached hydrogen (secondary N) is 1. The summed E-state index contributed by atoms with van der Waals surface area (Å²) in [4.78, 5) is 14.9. The molecule has 2 aromatic carbocycles. The van der Waals surface area contributed by atoms with E-state index in [2.05, 4.69) is 18.0 Å². The van der Waals surface area contributed by atoms with Crippen LogP contribution in [-0.4, -0.2) is 22.7 Å².